The summed E-state index contributed by atoms with van der Waals surface area (Å²) < 4.78 is 13.6. The summed E-state index contributed by atoms with van der Waals surface area (Å²) >= 11 is 0. The molecule has 6 heteroatoms. The van der Waals surface area contributed by atoms with Crippen LogP contribution in [0.1, 0.15) is 5.56 Å². The quantitative estimate of drug-likeness (QED) is 0.581. The molecule has 2 aromatic carbocycles. The minimum atomic E-state index is -0.459. The van der Waals surface area contributed by atoms with Crippen molar-refractivity contribution in [1.82, 2.24) is 15.0 Å². The molecule has 4 aromatic rings. The van der Waals surface area contributed by atoms with E-state index in [1.165, 1.54) is 18.2 Å². The van der Waals surface area contributed by atoms with Gasteiger partial charge in [-0.1, -0.05) is 18.2 Å². The van der Waals surface area contributed by atoms with E-state index in [0.29, 0.717) is 17.9 Å². The van der Waals surface area contributed by atoms with Gasteiger partial charge in [0.1, 0.15) is 17.4 Å². The highest BCUT2D eigenvalue weighted by Gasteiger charge is 2.13. The molecule has 128 valence electrons. The van der Waals surface area contributed by atoms with Gasteiger partial charge in [-0.2, -0.15) is 0 Å². The number of anilines is 1. The van der Waals surface area contributed by atoms with Gasteiger partial charge in [0, 0.05) is 24.3 Å². The van der Waals surface area contributed by atoms with Crippen LogP contribution in [0.15, 0.2) is 67.0 Å². The zero-order valence-corrected chi connectivity index (χ0v) is 13.7. The van der Waals surface area contributed by atoms with Crippen LogP contribution in [0.5, 0.6) is 5.75 Å². The van der Waals surface area contributed by atoms with Crippen molar-refractivity contribution in [2.45, 2.75) is 6.54 Å². The van der Waals surface area contributed by atoms with Crippen LogP contribution < -0.4 is 5.32 Å². The summed E-state index contributed by atoms with van der Waals surface area (Å²) in [7, 11) is 0. The first kappa shape index (κ1) is 16.0. The highest BCUT2D eigenvalue weighted by molar-refractivity contribution is 5.90. The second-order valence-electron chi connectivity index (χ2n) is 5.79. The third kappa shape index (κ3) is 3.17. The molecule has 0 saturated carbocycles. The van der Waals surface area contributed by atoms with Crippen molar-refractivity contribution in [2.24, 2.45) is 0 Å². The van der Waals surface area contributed by atoms with Gasteiger partial charge < -0.3 is 10.4 Å². The molecule has 0 unspecified atom stereocenters. The Morgan fingerprint density at radius 3 is 2.73 bits per heavy atom. The number of para-hydroxylation sites is 1. The predicted octanol–water partition coefficient (Wildman–Crippen LogP) is 4.15. The molecule has 0 fully saturated rings. The summed E-state index contributed by atoms with van der Waals surface area (Å²) in [5, 5.41) is 14.2. The van der Waals surface area contributed by atoms with E-state index < -0.39 is 5.82 Å². The number of rotatable bonds is 4. The molecule has 2 aromatic heterocycles. The van der Waals surface area contributed by atoms with Gasteiger partial charge in [0.15, 0.2) is 5.82 Å². The lowest BCUT2D eigenvalue weighted by molar-refractivity contribution is 0.475. The van der Waals surface area contributed by atoms with Crippen molar-refractivity contribution >= 4 is 16.7 Å². The van der Waals surface area contributed by atoms with Crippen molar-refractivity contribution in [3.05, 3.63) is 78.4 Å². The number of aromatic nitrogens is 3. The zero-order valence-electron chi connectivity index (χ0n) is 13.7. The predicted molar refractivity (Wildman–Crippen MR) is 98.2 cm³/mol. The van der Waals surface area contributed by atoms with Gasteiger partial charge in [0.05, 0.1) is 11.1 Å². The van der Waals surface area contributed by atoms with Gasteiger partial charge in [-0.25, -0.2) is 14.4 Å². The van der Waals surface area contributed by atoms with E-state index in [0.717, 1.165) is 10.9 Å². The molecule has 0 saturated heterocycles. The first-order valence-corrected chi connectivity index (χ1v) is 8.09. The van der Waals surface area contributed by atoms with Crippen LogP contribution in [0.3, 0.4) is 0 Å². The number of phenolic OH excluding ortho intramolecular Hbond substituents is 1. The third-order valence-electron chi connectivity index (χ3n) is 3.99. The topological polar surface area (TPSA) is 70.9 Å². The van der Waals surface area contributed by atoms with Crippen LogP contribution in [0.4, 0.5) is 10.2 Å². The molecule has 5 nitrogen and oxygen atoms in total. The molecular formula is C20H15FN4O. The summed E-state index contributed by atoms with van der Waals surface area (Å²) in [6, 6.07) is 15.1. The van der Waals surface area contributed by atoms with E-state index in [4.69, 9.17) is 0 Å². The number of nitrogens with one attached hydrogen (secondary N) is 1. The molecule has 0 aliphatic heterocycles. The summed E-state index contributed by atoms with van der Waals surface area (Å²) in [6.07, 6.45) is 3.49. The second-order valence-corrected chi connectivity index (χ2v) is 5.79. The Kier molecular flexibility index (Phi) is 4.15. The number of aromatic hydroxyl groups is 1. The van der Waals surface area contributed by atoms with E-state index in [9.17, 15) is 9.50 Å². The van der Waals surface area contributed by atoms with Crippen molar-refractivity contribution in [2.75, 3.05) is 5.32 Å². The first-order chi connectivity index (χ1) is 12.7. The van der Waals surface area contributed by atoms with Gasteiger partial charge in [0.2, 0.25) is 0 Å². The maximum absolute atomic E-state index is 13.6. The van der Waals surface area contributed by atoms with Crippen LogP contribution in [-0.4, -0.2) is 20.1 Å². The van der Waals surface area contributed by atoms with Gasteiger partial charge >= 0.3 is 0 Å². The van der Waals surface area contributed by atoms with Gasteiger partial charge in [-0.3, -0.25) is 4.98 Å². The Balaban J connectivity index is 1.79. The Morgan fingerprint density at radius 1 is 1.00 bits per heavy atom. The molecule has 0 amide bonds. The molecule has 0 bridgehead atoms. The van der Waals surface area contributed by atoms with E-state index in [1.807, 2.05) is 36.4 Å². The fraction of sp³-hybridized carbons (Fsp3) is 0.0500. The lowest BCUT2D eigenvalue weighted by atomic mass is 10.1. The molecule has 26 heavy (non-hydrogen) atoms. The molecule has 2 heterocycles. The van der Waals surface area contributed by atoms with Crippen LogP contribution in [0, 0.1) is 5.82 Å². The molecule has 0 spiro atoms. The molecule has 0 aliphatic rings. The standard InChI is InChI=1S/C20H15FN4O/c21-14-7-8-18(26)16(10-14)20-24-17-6-2-1-5-15(17)19(25-20)23-12-13-4-3-9-22-11-13/h1-11,26H,12H2,(H,23,24,25). The molecule has 2 N–H and O–H groups in total. The smallest absolute Gasteiger partial charge is 0.165 e. The normalized spacial score (nSPS) is 10.8. The lowest BCUT2D eigenvalue weighted by Gasteiger charge is -2.11. The van der Waals surface area contributed by atoms with E-state index in [-0.39, 0.29) is 17.1 Å². The Morgan fingerprint density at radius 2 is 1.88 bits per heavy atom. The van der Waals surface area contributed by atoms with E-state index >= 15 is 0 Å². The van der Waals surface area contributed by atoms with Crippen LogP contribution in [0.2, 0.25) is 0 Å². The van der Waals surface area contributed by atoms with Crippen LogP contribution in [-0.2, 0) is 6.54 Å². The fourth-order valence-electron chi connectivity index (χ4n) is 2.71. The molecule has 0 aliphatic carbocycles. The van der Waals surface area contributed by atoms with Gasteiger partial charge in [-0.15, -0.1) is 0 Å². The van der Waals surface area contributed by atoms with Gasteiger partial charge in [-0.05, 0) is 42.0 Å². The highest BCUT2D eigenvalue weighted by Crippen LogP contribution is 2.30. The summed E-state index contributed by atoms with van der Waals surface area (Å²) in [5.41, 5.74) is 1.96. The van der Waals surface area contributed by atoms with E-state index in [2.05, 4.69) is 20.3 Å². The molecule has 0 radical (unpaired) electrons. The Hall–Kier alpha value is -3.54. The number of phenols is 1. The van der Waals surface area contributed by atoms with Crippen molar-refractivity contribution in [3.63, 3.8) is 0 Å². The fourth-order valence-corrected chi connectivity index (χ4v) is 2.71. The van der Waals surface area contributed by atoms with Crippen molar-refractivity contribution < 1.29 is 9.50 Å². The maximum atomic E-state index is 13.6. The Bertz CT molecular complexity index is 1070. The van der Waals surface area contributed by atoms with Crippen LogP contribution >= 0.6 is 0 Å². The number of hydrogen-bond donors (Lipinski definition) is 2. The Labute approximate surface area is 149 Å². The highest BCUT2D eigenvalue weighted by atomic mass is 19.1. The summed E-state index contributed by atoms with van der Waals surface area (Å²) in [6.45, 7) is 0.531. The van der Waals surface area contributed by atoms with Gasteiger partial charge in [0.25, 0.3) is 0 Å². The summed E-state index contributed by atoms with van der Waals surface area (Å²) in [4.78, 5) is 13.1. The number of benzene rings is 2. The molecular weight excluding hydrogens is 331 g/mol. The number of hydrogen-bond acceptors (Lipinski definition) is 5. The summed E-state index contributed by atoms with van der Waals surface area (Å²) in [5.74, 6) is 0.340. The van der Waals surface area contributed by atoms with Crippen molar-refractivity contribution in [3.8, 4) is 17.1 Å². The minimum absolute atomic E-state index is 0.0695. The van der Waals surface area contributed by atoms with Crippen LogP contribution in [0.25, 0.3) is 22.3 Å². The number of fused-ring (bicyclic) bond motifs is 1. The molecule has 4 rings (SSSR count). The first-order valence-electron chi connectivity index (χ1n) is 8.09. The second kappa shape index (κ2) is 6.76. The monoisotopic (exact) mass is 346 g/mol. The zero-order chi connectivity index (χ0) is 17.9. The van der Waals surface area contributed by atoms with Crippen molar-refractivity contribution in [1.29, 1.82) is 0 Å². The average Bonchev–Trinajstić information content (AvgIpc) is 2.68. The molecule has 0 atom stereocenters. The lowest BCUT2D eigenvalue weighted by Crippen LogP contribution is -2.04. The SMILES string of the molecule is Oc1ccc(F)cc1-c1nc(NCc2cccnc2)c2ccccc2n1. The number of pyridine rings is 1. The van der Waals surface area contributed by atoms with E-state index in [1.54, 1.807) is 12.4 Å². The number of halogens is 1. The third-order valence-corrected chi connectivity index (χ3v) is 3.99. The number of nitrogens with zero attached hydrogens (tertiary/aromatic N) is 3. The minimum Gasteiger partial charge on any atom is -0.507 e. The average molecular weight is 346 g/mol. The maximum Gasteiger partial charge on any atom is 0.165 e. The largest absolute Gasteiger partial charge is 0.507 e.